The summed E-state index contributed by atoms with van der Waals surface area (Å²) in [7, 11) is 0. The second-order valence-electron chi connectivity index (χ2n) is 4.77. The number of anilines is 1. The molecule has 0 bridgehead atoms. The highest BCUT2D eigenvalue weighted by Crippen LogP contribution is 2.16. The third-order valence-electron chi connectivity index (χ3n) is 3.26. The van der Waals surface area contributed by atoms with Gasteiger partial charge in [-0.2, -0.15) is 0 Å². The average molecular weight is 286 g/mol. The summed E-state index contributed by atoms with van der Waals surface area (Å²) < 4.78 is 13.4. The highest BCUT2D eigenvalue weighted by molar-refractivity contribution is 5.81. The van der Waals surface area contributed by atoms with E-state index in [1.165, 1.54) is 6.07 Å². The Kier molecular flexibility index (Phi) is 5.32. The molecule has 0 aromatic heterocycles. The van der Waals surface area contributed by atoms with Crippen LogP contribution in [0.5, 0.6) is 0 Å². The number of nitrogens with one attached hydrogen (secondary N) is 2. The maximum atomic E-state index is 13.4. The van der Waals surface area contributed by atoms with Gasteiger partial charge in [0.25, 0.3) is 0 Å². The lowest BCUT2D eigenvalue weighted by molar-refractivity contribution is -0.120. The number of benzene rings is 2. The predicted octanol–water partition coefficient (Wildman–Crippen LogP) is 3.51. The molecule has 0 spiro atoms. The number of halogens is 1. The number of hydrogen-bond acceptors (Lipinski definition) is 2. The number of amides is 1. The first kappa shape index (κ1) is 15.0. The highest BCUT2D eigenvalue weighted by atomic mass is 19.1. The van der Waals surface area contributed by atoms with Crippen LogP contribution >= 0.6 is 0 Å². The Labute approximate surface area is 124 Å². The van der Waals surface area contributed by atoms with Crippen molar-refractivity contribution in [3.8, 4) is 0 Å². The van der Waals surface area contributed by atoms with Crippen LogP contribution in [0.3, 0.4) is 0 Å². The average Bonchev–Trinajstić information content (AvgIpc) is 2.52. The van der Waals surface area contributed by atoms with Crippen LogP contribution in [0, 0.1) is 5.82 Å². The third-order valence-corrected chi connectivity index (χ3v) is 3.26. The zero-order valence-corrected chi connectivity index (χ0v) is 12.0. The quantitative estimate of drug-likeness (QED) is 0.853. The van der Waals surface area contributed by atoms with Crippen LogP contribution in [0.15, 0.2) is 54.6 Å². The molecule has 2 rings (SSSR count). The van der Waals surface area contributed by atoms with Crippen LogP contribution in [0.25, 0.3) is 0 Å². The zero-order chi connectivity index (χ0) is 15.1. The van der Waals surface area contributed by atoms with Gasteiger partial charge in [-0.3, -0.25) is 4.79 Å². The van der Waals surface area contributed by atoms with Crippen LogP contribution in [0.2, 0.25) is 0 Å². The summed E-state index contributed by atoms with van der Waals surface area (Å²) in [6.45, 7) is 2.06. The Morgan fingerprint density at radius 1 is 1.10 bits per heavy atom. The predicted molar refractivity (Wildman–Crippen MR) is 82.5 cm³/mol. The number of carbonyl (C=O) groups excluding carboxylic acids is 1. The molecule has 3 nitrogen and oxygen atoms in total. The second kappa shape index (κ2) is 7.43. The van der Waals surface area contributed by atoms with Crippen molar-refractivity contribution in [1.29, 1.82) is 0 Å². The van der Waals surface area contributed by atoms with Crippen LogP contribution in [0.4, 0.5) is 10.1 Å². The Morgan fingerprint density at radius 2 is 1.76 bits per heavy atom. The minimum absolute atomic E-state index is 0.0267. The van der Waals surface area contributed by atoms with Crippen LogP contribution in [0.1, 0.15) is 24.9 Å². The molecule has 110 valence electrons. The van der Waals surface area contributed by atoms with E-state index in [0.717, 1.165) is 12.0 Å². The number of hydrogen-bond donors (Lipinski definition) is 2. The van der Waals surface area contributed by atoms with Crippen molar-refractivity contribution >= 4 is 11.6 Å². The molecule has 0 aliphatic carbocycles. The first-order valence-electron chi connectivity index (χ1n) is 7.03. The molecule has 1 atom stereocenters. The summed E-state index contributed by atoms with van der Waals surface area (Å²) in [5.41, 5.74) is 1.40. The summed E-state index contributed by atoms with van der Waals surface area (Å²) in [6, 6.07) is 16.1. The lowest BCUT2D eigenvalue weighted by Crippen LogP contribution is -2.33. The SMILES string of the molecule is CCC(NC(=O)CNc1ccccc1F)c1ccccc1. The monoisotopic (exact) mass is 286 g/mol. The van der Waals surface area contributed by atoms with Crippen LogP contribution < -0.4 is 10.6 Å². The van der Waals surface area contributed by atoms with Crippen molar-refractivity contribution in [2.75, 3.05) is 11.9 Å². The molecule has 0 saturated heterocycles. The van der Waals surface area contributed by atoms with E-state index in [2.05, 4.69) is 10.6 Å². The lowest BCUT2D eigenvalue weighted by atomic mass is 10.0. The maximum absolute atomic E-state index is 13.4. The summed E-state index contributed by atoms with van der Waals surface area (Å²) in [6.07, 6.45) is 0.801. The maximum Gasteiger partial charge on any atom is 0.239 e. The van der Waals surface area contributed by atoms with E-state index in [1.54, 1.807) is 18.2 Å². The van der Waals surface area contributed by atoms with E-state index in [-0.39, 0.29) is 24.3 Å². The molecular formula is C17H19FN2O. The Balaban J connectivity index is 1.90. The van der Waals surface area contributed by atoms with E-state index in [4.69, 9.17) is 0 Å². The van der Waals surface area contributed by atoms with Crippen molar-refractivity contribution in [2.45, 2.75) is 19.4 Å². The minimum Gasteiger partial charge on any atom is -0.374 e. The van der Waals surface area contributed by atoms with Gasteiger partial charge in [0.15, 0.2) is 0 Å². The Morgan fingerprint density at radius 3 is 2.43 bits per heavy atom. The first-order valence-corrected chi connectivity index (χ1v) is 7.03. The van der Waals surface area contributed by atoms with Gasteiger partial charge in [-0.25, -0.2) is 4.39 Å². The molecule has 2 N–H and O–H groups in total. The fourth-order valence-electron chi connectivity index (χ4n) is 2.13. The van der Waals surface area contributed by atoms with Gasteiger partial charge < -0.3 is 10.6 Å². The zero-order valence-electron chi connectivity index (χ0n) is 12.0. The molecular weight excluding hydrogens is 267 g/mol. The third kappa shape index (κ3) is 4.31. The van der Waals surface area contributed by atoms with Gasteiger partial charge in [0.05, 0.1) is 18.3 Å². The molecule has 0 saturated carbocycles. The molecule has 0 aliphatic heterocycles. The molecule has 4 heteroatoms. The van der Waals surface area contributed by atoms with Gasteiger partial charge in [0.2, 0.25) is 5.91 Å². The lowest BCUT2D eigenvalue weighted by Gasteiger charge is -2.18. The summed E-state index contributed by atoms with van der Waals surface area (Å²) in [5.74, 6) is -0.519. The van der Waals surface area contributed by atoms with Crippen molar-refractivity contribution in [3.05, 3.63) is 66.0 Å². The summed E-state index contributed by atoms with van der Waals surface area (Å²) in [4.78, 5) is 12.0. The topological polar surface area (TPSA) is 41.1 Å². The highest BCUT2D eigenvalue weighted by Gasteiger charge is 2.12. The van der Waals surface area contributed by atoms with E-state index in [9.17, 15) is 9.18 Å². The molecule has 0 heterocycles. The largest absolute Gasteiger partial charge is 0.374 e. The first-order chi connectivity index (χ1) is 10.2. The Bertz CT molecular complexity index is 586. The van der Waals surface area contributed by atoms with Crippen molar-refractivity contribution in [2.24, 2.45) is 0 Å². The molecule has 2 aromatic rings. The molecule has 21 heavy (non-hydrogen) atoms. The van der Waals surface area contributed by atoms with Crippen molar-refractivity contribution in [3.63, 3.8) is 0 Å². The van der Waals surface area contributed by atoms with Gasteiger partial charge in [-0.15, -0.1) is 0 Å². The number of rotatable bonds is 6. The normalized spacial score (nSPS) is 11.7. The van der Waals surface area contributed by atoms with Gasteiger partial charge in [-0.05, 0) is 24.1 Å². The molecule has 1 amide bonds. The molecule has 0 fully saturated rings. The number of para-hydroxylation sites is 1. The van der Waals surface area contributed by atoms with Gasteiger partial charge in [-0.1, -0.05) is 49.4 Å². The molecule has 1 unspecified atom stereocenters. The van der Waals surface area contributed by atoms with Crippen molar-refractivity contribution in [1.82, 2.24) is 5.32 Å². The fourth-order valence-corrected chi connectivity index (χ4v) is 2.13. The summed E-state index contributed by atoms with van der Waals surface area (Å²) in [5, 5.41) is 5.76. The molecule has 0 aliphatic rings. The second-order valence-corrected chi connectivity index (χ2v) is 4.77. The molecule has 0 radical (unpaired) electrons. The van der Waals surface area contributed by atoms with E-state index < -0.39 is 0 Å². The van der Waals surface area contributed by atoms with Crippen LogP contribution in [-0.4, -0.2) is 12.5 Å². The Hall–Kier alpha value is -2.36. The summed E-state index contributed by atoms with van der Waals surface area (Å²) >= 11 is 0. The standard InChI is InChI=1S/C17H19FN2O/c1-2-15(13-8-4-3-5-9-13)20-17(21)12-19-16-11-7-6-10-14(16)18/h3-11,15,19H,2,12H2,1H3,(H,20,21). The van der Waals surface area contributed by atoms with Crippen molar-refractivity contribution < 1.29 is 9.18 Å². The van der Waals surface area contributed by atoms with Gasteiger partial charge >= 0.3 is 0 Å². The van der Waals surface area contributed by atoms with E-state index in [0.29, 0.717) is 5.69 Å². The van der Waals surface area contributed by atoms with E-state index >= 15 is 0 Å². The van der Waals surface area contributed by atoms with Crippen LogP contribution in [-0.2, 0) is 4.79 Å². The van der Waals surface area contributed by atoms with E-state index in [1.807, 2.05) is 37.3 Å². The minimum atomic E-state index is -0.361. The fraction of sp³-hybridized carbons (Fsp3) is 0.235. The number of carbonyl (C=O) groups is 1. The molecule has 2 aromatic carbocycles. The smallest absolute Gasteiger partial charge is 0.239 e. The van der Waals surface area contributed by atoms with Gasteiger partial charge in [0.1, 0.15) is 5.82 Å². The van der Waals surface area contributed by atoms with Gasteiger partial charge in [0, 0.05) is 0 Å².